The van der Waals surface area contributed by atoms with Gasteiger partial charge in [-0.2, -0.15) is 5.10 Å². The van der Waals surface area contributed by atoms with Crippen molar-refractivity contribution in [2.24, 2.45) is 18.7 Å². The Labute approximate surface area is 102 Å². The fourth-order valence-electron chi connectivity index (χ4n) is 1.13. The van der Waals surface area contributed by atoms with E-state index in [0.717, 1.165) is 5.69 Å². The molecule has 0 radical (unpaired) electrons. The Morgan fingerprint density at radius 2 is 2.12 bits per heavy atom. The van der Waals surface area contributed by atoms with E-state index in [1.807, 2.05) is 33.9 Å². The molecule has 0 saturated heterocycles. The maximum atomic E-state index is 11.6. The van der Waals surface area contributed by atoms with E-state index in [-0.39, 0.29) is 24.2 Å². The smallest absolute Gasteiger partial charge is 0.242 e. The number of carbonyl (C=O) groups is 1. The molecule has 1 heterocycles. The van der Waals surface area contributed by atoms with Gasteiger partial charge in [-0.15, -0.1) is 12.4 Å². The van der Waals surface area contributed by atoms with Crippen molar-refractivity contribution < 1.29 is 4.79 Å². The molecule has 0 unspecified atom stereocenters. The first kappa shape index (κ1) is 14.9. The van der Waals surface area contributed by atoms with Gasteiger partial charge >= 0.3 is 0 Å². The fraction of sp³-hybridized carbons (Fsp3) is 0.600. The lowest BCUT2D eigenvalue weighted by Gasteiger charge is -2.13. The normalized spacial score (nSPS) is 12.1. The number of nitrogens with one attached hydrogen (secondary N) is 1. The van der Waals surface area contributed by atoms with Gasteiger partial charge in [0.1, 0.15) is 0 Å². The van der Waals surface area contributed by atoms with Crippen molar-refractivity contribution in [1.29, 1.82) is 0 Å². The van der Waals surface area contributed by atoms with E-state index in [4.69, 9.17) is 5.73 Å². The molecule has 92 valence electrons. The molecule has 1 aromatic rings. The predicted octanol–water partition coefficient (Wildman–Crippen LogP) is 1.07. The molecule has 1 amide bonds. The Balaban J connectivity index is 0.00000225. The Morgan fingerprint density at radius 1 is 1.56 bits per heavy atom. The number of halogens is 1. The summed E-state index contributed by atoms with van der Waals surface area (Å²) in [5.74, 6) is 0.481. The predicted molar refractivity (Wildman–Crippen MR) is 66.6 cm³/mol. The van der Waals surface area contributed by atoms with Crippen LogP contribution in [0.4, 0.5) is 5.82 Å². The van der Waals surface area contributed by atoms with Crippen LogP contribution in [0.15, 0.2) is 6.07 Å². The molecule has 0 aliphatic carbocycles. The summed E-state index contributed by atoms with van der Waals surface area (Å²) < 4.78 is 1.70. The van der Waals surface area contributed by atoms with Gasteiger partial charge in [0, 0.05) is 18.8 Å². The average molecular weight is 247 g/mol. The molecule has 16 heavy (non-hydrogen) atoms. The average Bonchev–Trinajstić information content (AvgIpc) is 2.44. The molecule has 1 atom stereocenters. The molecular formula is C10H19ClN4O. The zero-order valence-electron chi connectivity index (χ0n) is 10.0. The number of aromatic nitrogens is 2. The van der Waals surface area contributed by atoms with Crippen LogP contribution in [0.3, 0.4) is 0 Å². The lowest BCUT2D eigenvalue weighted by Crippen LogP contribution is -2.39. The lowest BCUT2D eigenvalue weighted by molar-refractivity contribution is -0.118. The minimum absolute atomic E-state index is 0. The van der Waals surface area contributed by atoms with Gasteiger partial charge < -0.3 is 11.1 Å². The molecule has 0 saturated carbocycles. The quantitative estimate of drug-likeness (QED) is 0.838. The summed E-state index contributed by atoms with van der Waals surface area (Å²) in [6, 6.07) is 1.32. The topological polar surface area (TPSA) is 72.9 Å². The molecule has 1 aromatic heterocycles. The number of hydrogen-bond acceptors (Lipinski definition) is 3. The van der Waals surface area contributed by atoms with E-state index in [1.165, 1.54) is 0 Å². The molecule has 1 rings (SSSR count). The third kappa shape index (κ3) is 3.50. The van der Waals surface area contributed by atoms with Gasteiger partial charge in [-0.25, -0.2) is 0 Å². The van der Waals surface area contributed by atoms with E-state index < -0.39 is 6.04 Å². The van der Waals surface area contributed by atoms with Gasteiger partial charge in [0.15, 0.2) is 5.82 Å². The number of hydrogen-bond donors (Lipinski definition) is 2. The Morgan fingerprint density at radius 3 is 2.50 bits per heavy atom. The van der Waals surface area contributed by atoms with Crippen LogP contribution in [-0.4, -0.2) is 21.7 Å². The Kier molecular flexibility index (Phi) is 5.47. The standard InChI is InChI=1S/C10H18N4O.ClH/c1-6(2)9(11)10(15)12-8-5-7(3)14(4)13-8;/h5-6,9H,11H2,1-4H3,(H,12,13,15);1H/t9-;/m0./s1. The highest BCUT2D eigenvalue weighted by Gasteiger charge is 2.18. The zero-order valence-corrected chi connectivity index (χ0v) is 10.8. The van der Waals surface area contributed by atoms with Crippen LogP contribution < -0.4 is 11.1 Å². The second-order valence-corrected chi connectivity index (χ2v) is 4.05. The van der Waals surface area contributed by atoms with E-state index in [2.05, 4.69) is 10.4 Å². The van der Waals surface area contributed by atoms with Crippen molar-refractivity contribution in [3.8, 4) is 0 Å². The molecular weight excluding hydrogens is 228 g/mol. The molecule has 3 N–H and O–H groups in total. The number of rotatable bonds is 3. The van der Waals surface area contributed by atoms with Gasteiger partial charge in [0.05, 0.1) is 6.04 Å². The first-order valence-corrected chi connectivity index (χ1v) is 4.99. The minimum atomic E-state index is -0.493. The summed E-state index contributed by atoms with van der Waals surface area (Å²) >= 11 is 0. The summed E-state index contributed by atoms with van der Waals surface area (Å²) in [5.41, 5.74) is 6.70. The van der Waals surface area contributed by atoms with Gasteiger partial charge in [-0.1, -0.05) is 13.8 Å². The highest BCUT2D eigenvalue weighted by Crippen LogP contribution is 2.08. The Hall–Kier alpha value is -1.07. The molecule has 5 nitrogen and oxygen atoms in total. The van der Waals surface area contributed by atoms with Crippen LogP contribution in [-0.2, 0) is 11.8 Å². The van der Waals surface area contributed by atoms with Gasteiger partial charge in [0.2, 0.25) is 5.91 Å². The van der Waals surface area contributed by atoms with Crippen LogP contribution in [0.5, 0.6) is 0 Å². The SMILES string of the molecule is Cc1cc(NC(=O)[C@@H](N)C(C)C)nn1C.Cl. The van der Waals surface area contributed by atoms with Crippen molar-refractivity contribution in [2.75, 3.05) is 5.32 Å². The van der Waals surface area contributed by atoms with E-state index >= 15 is 0 Å². The van der Waals surface area contributed by atoms with Gasteiger partial charge in [-0.05, 0) is 12.8 Å². The summed E-state index contributed by atoms with van der Waals surface area (Å²) in [5, 5.41) is 6.81. The number of nitrogens with zero attached hydrogens (tertiary/aromatic N) is 2. The monoisotopic (exact) mass is 246 g/mol. The van der Waals surface area contributed by atoms with E-state index in [1.54, 1.807) is 4.68 Å². The van der Waals surface area contributed by atoms with Crippen LogP contribution in [0.1, 0.15) is 19.5 Å². The molecule has 0 aliphatic heterocycles. The second-order valence-electron chi connectivity index (χ2n) is 4.05. The van der Waals surface area contributed by atoms with Crippen LogP contribution in [0.2, 0.25) is 0 Å². The zero-order chi connectivity index (χ0) is 11.6. The van der Waals surface area contributed by atoms with Gasteiger partial charge in [0.25, 0.3) is 0 Å². The van der Waals surface area contributed by atoms with Crippen LogP contribution >= 0.6 is 12.4 Å². The molecule has 0 bridgehead atoms. The van der Waals surface area contributed by atoms with Crippen molar-refractivity contribution in [3.63, 3.8) is 0 Å². The first-order valence-electron chi connectivity index (χ1n) is 4.99. The van der Waals surface area contributed by atoms with E-state index in [9.17, 15) is 4.79 Å². The molecule has 0 aliphatic rings. The van der Waals surface area contributed by atoms with E-state index in [0.29, 0.717) is 5.82 Å². The van der Waals surface area contributed by atoms with Gasteiger partial charge in [-0.3, -0.25) is 9.48 Å². The van der Waals surface area contributed by atoms with Crippen molar-refractivity contribution >= 4 is 24.1 Å². The lowest BCUT2D eigenvalue weighted by atomic mass is 10.1. The highest BCUT2D eigenvalue weighted by atomic mass is 35.5. The maximum absolute atomic E-state index is 11.6. The highest BCUT2D eigenvalue weighted by molar-refractivity contribution is 5.94. The third-order valence-corrected chi connectivity index (χ3v) is 2.39. The van der Waals surface area contributed by atoms with Crippen molar-refractivity contribution in [1.82, 2.24) is 9.78 Å². The summed E-state index contributed by atoms with van der Waals surface area (Å²) in [6.45, 7) is 5.74. The number of carbonyl (C=O) groups excluding carboxylic acids is 1. The first-order chi connectivity index (χ1) is 6.91. The van der Waals surface area contributed by atoms with Crippen LogP contribution in [0.25, 0.3) is 0 Å². The Bertz CT molecular complexity index is 342. The second kappa shape index (κ2) is 5.86. The molecule has 0 fully saturated rings. The molecule has 0 spiro atoms. The number of aryl methyl sites for hydroxylation is 2. The van der Waals surface area contributed by atoms with Crippen LogP contribution in [0, 0.1) is 12.8 Å². The summed E-state index contributed by atoms with van der Waals surface area (Å²) in [7, 11) is 1.83. The largest absolute Gasteiger partial charge is 0.320 e. The maximum Gasteiger partial charge on any atom is 0.242 e. The fourth-order valence-corrected chi connectivity index (χ4v) is 1.13. The molecule has 0 aromatic carbocycles. The summed E-state index contributed by atoms with van der Waals surface area (Å²) in [4.78, 5) is 11.6. The third-order valence-electron chi connectivity index (χ3n) is 2.39. The minimum Gasteiger partial charge on any atom is -0.320 e. The number of anilines is 1. The van der Waals surface area contributed by atoms with Crippen molar-refractivity contribution in [3.05, 3.63) is 11.8 Å². The molecule has 6 heteroatoms. The number of amides is 1. The summed E-state index contributed by atoms with van der Waals surface area (Å²) in [6.07, 6.45) is 0. The number of nitrogens with two attached hydrogens (primary N) is 1. The van der Waals surface area contributed by atoms with Crippen molar-refractivity contribution in [2.45, 2.75) is 26.8 Å².